The summed E-state index contributed by atoms with van der Waals surface area (Å²) >= 11 is 0. The third-order valence-corrected chi connectivity index (χ3v) is 2.72. The minimum Gasteiger partial charge on any atom is -1.00 e. The molecule has 0 saturated carbocycles. The van der Waals surface area contributed by atoms with Crippen LogP contribution in [0.4, 0.5) is 0 Å². The molecule has 0 aliphatic rings. The summed E-state index contributed by atoms with van der Waals surface area (Å²) in [6, 6.07) is 7.40. The van der Waals surface area contributed by atoms with Gasteiger partial charge in [-0.25, -0.2) is 4.79 Å². The maximum absolute atomic E-state index is 11.0. The standard InChI is InChI=1S/C14H15NO3.Na.H/c1-2-3-13(14(16)17)18-12-5-4-10-6-7-15-9-11(10)8-12;;/h4-9,13H,2-3H2,1H3,(H,16,17);;/q;+1;-1. The van der Waals surface area contributed by atoms with Gasteiger partial charge in [-0.1, -0.05) is 19.4 Å². The van der Waals surface area contributed by atoms with Gasteiger partial charge < -0.3 is 11.3 Å². The van der Waals surface area contributed by atoms with E-state index in [2.05, 4.69) is 4.98 Å². The monoisotopic (exact) mass is 269 g/mol. The van der Waals surface area contributed by atoms with Crippen LogP contribution < -0.4 is 34.3 Å². The fraction of sp³-hybridized carbons (Fsp3) is 0.286. The van der Waals surface area contributed by atoms with Gasteiger partial charge in [0.15, 0.2) is 6.10 Å². The third kappa shape index (κ3) is 4.20. The van der Waals surface area contributed by atoms with E-state index in [0.29, 0.717) is 12.2 Å². The van der Waals surface area contributed by atoms with Crippen molar-refractivity contribution in [2.45, 2.75) is 25.9 Å². The van der Waals surface area contributed by atoms with Gasteiger partial charge in [-0.2, -0.15) is 0 Å². The van der Waals surface area contributed by atoms with Gasteiger partial charge >= 0.3 is 35.5 Å². The second-order valence-corrected chi connectivity index (χ2v) is 4.12. The van der Waals surface area contributed by atoms with Crippen LogP contribution in [0.3, 0.4) is 0 Å². The number of nitrogens with zero attached hydrogens (tertiary/aromatic N) is 1. The van der Waals surface area contributed by atoms with E-state index in [1.807, 2.05) is 25.1 Å². The van der Waals surface area contributed by atoms with Crippen LogP contribution in [0, 0.1) is 0 Å². The molecule has 96 valence electrons. The summed E-state index contributed by atoms with van der Waals surface area (Å²) in [5, 5.41) is 11.0. The summed E-state index contributed by atoms with van der Waals surface area (Å²) in [5.74, 6) is -0.362. The molecule has 2 aromatic rings. The van der Waals surface area contributed by atoms with E-state index in [9.17, 15) is 4.79 Å². The van der Waals surface area contributed by atoms with Crippen LogP contribution in [0.1, 0.15) is 21.2 Å². The molecule has 0 radical (unpaired) electrons. The predicted octanol–water partition coefficient (Wildman–Crippen LogP) is -0.0166. The first-order valence-corrected chi connectivity index (χ1v) is 5.94. The third-order valence-electron chi connectivity index (χ3n) is 2.72. The molecule has 2 rings (SSSR count). The van der Waals surface area contributed by atoms with Crippen LogP contribution in [0.5, 0.6) is 5.75 Å². The Kier molecular flexibility index (Phi) is 6.28. The van der Waals surface area contributed by atoms with Gasteiger partial charge in [0.25, 0.3) is 0 Å². The van der Waals surface area contributed by atoms with Crippen LogP contribution in [-0.2, 0) is 4.79 Å². The van der Waals surface area contributed by atoms with E-state index in [1.165, 1.54) is 0 Å². The number of carboxylic acids is 1. The largest absolute Gasteiger partial charge is 1.00 e. The SMILES string of the molecule is CCCC(Oc1ccc2ccncc2c1)C(=O)O.[H-].[Na+]. The molecule has 0 amide bonds. The van der Waals surface area contributed by atoms with E-state index < -0.39 is 12.1 Å². The average Bonchev–Trinajstić information content (AvgIpc) is 2.38. The first kappa shape index (κ1) is 16.0. The van der Waals surface area contributed by atoms with Gasteiger partial charge in [0.05, 0.1) is 0 Å². The summed E-state index contributed by atoms with van der Waals surface area (Å²) in [6.07, 6.45) is 3.94. The molecule has 0 aliphatic carbocycles. The van der Waals surface area contributed by atoms with Crippen LogP contribution in [0.2, 0.25) is 0 Å². The smallest absolute Gasteiger partial charge is 1.00 e. The van der Waals surface area contributed by atoms with Crippen molar-refractivity contribution in [3.05, 3.63) is 36.7 Å². The number of aromatic nitrogens is 1. The number of hydrogen-bond donors (Lipinski definition) is 1. The molecule has 1 heterocycles. The molecule has 1 atom stereocenters. The first-order valence-electron chi connectivity index (χ1n) is 5.94. The van der Waals surface area contributed by atoms with Crippen LogP contribution in [0.25, 0.3) is 10.8 Å². The molecular weight excluding hydrogens is 253 g/mol. The zero-order valence-corrected chi connectivity index (χ0v) is 13.2. The molecule has 1 N–H and O–H groups in total. The fourth-order valence-electron chi connectivity index (χ4n) is 1.80. The number of carboxylic acid groups (broad SMARTS) is 1. The molecule has 5 heteroatoms. The Morgan fingerprint density at radius 1 is 1.42 bits per heavy atom. The molecule has 0 fully saturated rings. The summed E-state index contributed by atoms with van der Waals surface area (Å²) in [4.78, 5) is 15.1. The Morgan fingerprint density at radius 2 is 2.21 bits per heavy atom. The Bertz CT molecular complexity index is 565. The summed E-state index contributed by atoms with van der Waals surface area (Å²) < 4.78 is 5.50. The Hall–Kier alpha value is -1.10. The number of pyridine rings is 1. The summed E-state index contributed by atoms with van der Waals surface area (Å²) in [7, 11) is 0. The second-order valence-electron chi connectivity index (χ2n) is 4.12. The molecule has 1 aromatic carbocycles. The molecule has 19 heavy (non-hydrogen) atoms. The topological polar surface area (TPSA) is 59.4 Å². The van der Waals surface area contributed by atoms with Crippen LogP contribution in [-0.4, -0.2) is 22.2 Å². The van der Waals surface area contributed by atoms with E-state index in [4.69, 9.17) is 9.84 Å². The Balaban J connectivity index is 0.00000180. The number of aliphatic carboxylic acids is 1. The number of ether oxygens (including phenoxy) is 1. The normalized spacial score (nSPS) is 11.6. The number of rotatable bonds is 5. The maximum atomic E-state index is 11.0. The van der Waals surface area contributed by atoms with Gasteiger partial charge in [0.2, 0.25) is 0 Å². The first-order chi connectivity index (χ1) is 8.70. The zero-order chi connectivity index (χ0) is 13.0. The molecule has 0 aliphatic heterocycles. The van der Waals surface area contributed by atoms with Crippen molar-refractivity contribution in [1.29, 1.82) is 0 Å². The average molecular weight is 269 g/mol. The van der Waals surface area contributed by atoms with E-state index in [-0.39, 0.29) is 31.0 Å². The van der Waals surface area contributed by atoms with Gasteiger partial charge in [-0.05, 0) is 30.0 Å². The van der Waals surface area contributed by atoms with Crippen molar-refractivity contribution in [1.82, 2.24) is 4.98 Å². The van der Waals surface area contributed by atoms with Gasteiger partial charge in [-0.3, -0.25) is 4.98 Å². The number of carbonyl (C=O) groups is 1. The summed E-state index contributed by atoms with van der Waals surface area (Å²) in [5.41, 5.74) is 0. The van der Waals surface area contributed by atoms with E-state index in [0.717, 1.165) is 17.2 Å². The molecule has 1 aromatic heterocycles. The van der Waals surface area contributed by atoms with Gasteiger partial charge in [-0.15, -0.1) is 0 Å². The number of hydrogen-bond acceptors (Lipinski definition) is 3. The molecule has 4 nitrogen and oxygen atoms in total. The Morgan fingerprint density at radius 3 is 2.89 bits per heavy atom. The minimum absolute atomic E-state index is 0. The molecule has 1 unspecified atom stereocenters. The predicted molar refractivity (Wildman–Crippen MR) is 69.8 cm³/mol. The van der Waals surface area contributed by atoms with Crippen molar-refractivity contribution < 1.29 is 45.6 Å². The van der Waals surface area contributed by atoms with Crippen molar-refractivity contribution in [3.8, 4) is 5.75 Å². The molecule has 0 bridgehead atoms. The van der Waals surface area contributed by atoms with Crippen LogP contribution in [0.15, 0.2) is 36.7 Å². The van der Waals surface area contributed by atoms with Crippen molar-refractivity contribution in [3.63, 3.8) is 0 Å². The van der Waals surface area contributed by atoms with E-state index in [1.54, 1.807) is 18.5 Å². The van der Waals surface area contributed by atoms with Crippen molar-refractivity contribution >= 4 is 16.7 Å². The molecule has 0 saturated heterocycles. The van der Waals surface area contributed by atoms with Crippen LogP contribution >= 0.6 is 0 Å². The quantitative estimate of drug-likeness (QED) is 0.775. The number of fused-ring (bicyclic) bond motifs is 1. The van der Waals surface area contributed by atoms with E-state index >= 15 is 0 Å². The Labute approximate surface area is 135 Å². The minimum atomic E-state index is -0.928. The van der Waals surface area contributed by atoms with Crippen molar-refractivity contribution in [2.75, 3.05) is 0 Å². The van der Waals surface area contributed by atoms with Crippen molar-refractivity contribution in [2.24, 2.45) is 0 Å². The summed E-state index contributed by atoms with van der Waals surface area (Å²) in [6.45, 7) is 1.93. The number of benzene rings is 1. The molecule has 0 spiro atoms. The van der Waals surface area contributed by atoms with Gasteiger partial charge in [0.1, 0.15) is 5.75 Å². The zero-order valence-electron chi connectivity index (χ0n) is 12.2. The maximum Gasteiger partial charge on any atom is 1.00 e. The van der Waals surface area contributed by atoms with Gasteiger partial charge in [0, 0.05) is 17.8 Å². The fourth-order valence-corrected chi connectivity index (χ4v) is 1.80. The second kappa shape index (κ2) is 7.48. The molecular formula is C14H16NNaO3.